The minimum Gasteiger partial charge on any atom is -0.457 e. The number of nitrogens with zero attached hydrogens (tertiary/aromatic N) is 1. The molecule has 4 atom stereocenters. The van der Waals surface area contributed by atoms with Gasteiger partial charge in [0.1, 0.15) is 22.7 Å². The first-order chi connectivity index (χ1) is 14.5. The molecule has 1 aliphatic rings. The largest absolute Gasteiger partial charge is 0.457 e. The van der Waals surface area contributed by atoms with E-state index in [0.29, 0.717) is 17.1 Å². The van der Waals surface area contributed by atoms with Crippen molar-refractivity contribution in [2.45, 2.75) is 44.2 Å². The molecule has 0 saturated heterocycles. The number of benzene rings is 2. The van der Waals surface area contributed by atoms with E-state index in [1.807, 2.05) is 18.2 Å². The zero-order chi connectivity index (χ0) is 22.8. The number of para-hydroxylation sites is 1. The molecule has 0 aliphatic heterocycles. The van der Waals surface area contributed by atoms with Crippen molar-refractivity contribution < 1.29 is 22.7 Å². The molecule has 4 unspecified atom stereocenters. The molecule has 7 heteroatoms. The third-order valence-electron chi connectivity index (χ3n) is 6.01. The number of carbonyl (C=O) groups is 1. The highest BCUT2D eigenvalue weighted by molar-refractivity contribution is 6.21. The molecule has 0 spiro atoms. The topological polar surface area (TPSA) is 50.1 Å². The van der Waals surface area contributed by atoms with Crippen LogP contribution in [0.5, 0.6) is 11.5 Å². The number of alkyl halides is 4. The lowest BCUT2D eigenvalue weighted by atomic mass is 9.92. The zero-order valence-electron chi connectivity index (χ0n) is 17.2. The number of hydrogen-bond acceptors (Lipinski definition) is 3. The van der Waals surface area contributed by atoms with E-state index in [4.69, 9.17) is 16.3 Å². The first-order valence-corrected chi connectivity index (χ1v) is 10.4. The van der Waals surface area contributed by atoms with Gasteiger partial charge in [0.15, 0.2) is 0 Å². The van der Waals surface area contributed by atoms with Gasteiger partial charge in [-0.3, -0.25) is 4.79 Å². The molecule has 0 radical (unpaired) electrons. The standard InChI is InChI=1S/C24H23ClF3NO2/c1-23(2)19(13-21(25)24(26,27)28)22(23)20(30)12-16(14-29)15-7-6-10-18(11-15)31-17-8-4-3-5-9-17/h3-11,16,19,21-22H,12-13H2,1-2H3. The number of nitriles is 1. The third kappa shape index (κ3) is 5.40. The molecule has 3 nitrogen and oxygen atoms in total. The van der Waals surface area contributed by atoms with Crippen LogP contribution in [-0.2, 0) is 4.79 Å². The van der Waals surface area contributed by atoms with Gasteiger partial charge in [-0.2, -0.15) is 18.4 Å². The second kappa shape index (κ2) is 8.92. The minimum atomic E-state index is -4.50. The van der Waals surface area contributed by atoms with Crippen LogP contribution in [-0.4, -0.2) is 17.3 Å². The van der Waals surface area contributed by atoms with Crippen LogP contribution in [0.4, 0.5) is 13.2 Å². The van der Waals surface area contributed by atoms with Crippen LogP contribution in [0.15, 0.2) is 54.6 Å². The number of Topliss-reactive ketones (excluding diaryl/α,β-unsaturated/α-hetero) is 1. The van der Waals surface area contributed by atoms with E-state index < -0.39 is 34.7 Å². The summed E-state index contributed by atoms with van der Waals surface area (Å²) in [6.07, 6.45) is -4.86. The average Bonchev–Trinajstić information content (AvgIpc) is 3.26. The third-order valence-corrected chi connectivity index (χ3v) is 6.44. The molecule has 0 heterocycles. The molecule has 1 saturated carbocycles. The van der Waals surface area contributed by atoms with Crippen LogP contribution in [0.1, 0.15) is 38.2 Å². The van der Waals surface area contributed by atoms with E-state index in [9.17, 15) is 23.2 Å². The molecule has 0 amide bonds. The first-order valence-electron chi connectivity index (χ1n) is 10.00. The van der Waals surface area contributed by atoms with Gasteiger partial charge in [0, 0.05) is 12.3 Å². The molecule has 0 aromatic heterocycles. The lowest BCUT2D eigenvalue weighted by Crippen LogP contribution is -2.24. The molecule has 0 bridgehead atoms. The van der Waals surface area contributed by atoms with Gasteiger partial charge in [0.2, 0.25) is 0 Å². The molecule has 0 N–H and O–H groups in total. The lowest BCUT2D eigenvalue weighted by Gasteiger charge is -2.14. The number of ketones is 1. The lowest BCUT2D eigenvalue weighted by molar-refractivity contribution is -0.133. The summed E-state index contributed by atoms with van der Waals surface area (Å²) in [5.41, 5.74) is 0.0677. The zero-order valence-corrected chi connectivity index (χ0v) is 18.0. The van der Waals surface area contributed by atoms with Gasteiger partial charge in [-0.1, -0.05) is 44.2 Å². The normalized spacial score (nSPS) is 21.6. The predicted octanol–water partition coefficient (Wildman–Crippen LogP) is 6.88. The van der Waals surface area contributed by atoms with E-state index >= 15 is 0 Å². The molecule has 164 valence electrons. The highest BCUT2D eigenvalue weighted by atomic mass is 35.5. The van der Waals surface area contributed by atoms with Crippen LogP contribution in [0.3, 0.4) is 0 Å². The smallest absolute Gasteiger partial charge is 0.404 e. The maximum Gasteiger partial charge on any atom is 0.404 e. The minimum absolute atomic E-state index is 0.0607. The first kappa shape index (κ1) is 23.1. The van der Waals surface area contributed by atoms with Crippen molar-refractivity contribution in [2.75, 3.05) is 0 Å². The summed E-state index contributed by atoms with van der Waals surface area (Å²) in [7, 11) is 0. The van der Waals surface area contributed by atoms with Crippen molar-refractivity contribution >= 4 is 17.4 Å². The van der Waals surface area contributed by atoms with Gasteiger partial charge in [-0.05, 0) is 47.6 Å². The Morgan fingerprint density at radius 2 is 1.81 bits per heavy atom. The highest BCUT2D eigenvalue weighted by Gasteiger charge is 2.62. The molecule has 2 aromatic carbocycles. The van der Waals surface area contributed by atoms with Crippen LogP contribution < -0.4 is 4.74 Å². The maximum absolute atomic E-state index is 12.9. The van der Waals surface area contributed by atoms with Gasteiger partial charge < -0.3 is 4.74 Å². The van der Waals surface area contributed by atoms with Gasteiger partial charge in [-0.15, -0.1) is 11.6 Å². The van der Waals surface area contributed by atoms with Gasteiger partial charge in [0.25, 0.3) is 0 Å². The van der Waals surface area contributed by atoms with Crippen molar-refractivity contribution in [3.63, 3.8) is 0 Å². The second-order valence-corrected chi connectivity index (χ2v) is 9.02. The summed E-state index contributed by atoms with van der Waals surface area (Å²) in [6.45, 7) is 3.55. The van der Waals surface area contributed by atoms with E-state index in [1.54, 1.807) is 50.2 Å². The molecular formula is C24H23ClF3NO2. The summed E-state index contributed by atoms with van der Waals surface area (Å²) in [6, 6.07) is 18.3. The monoisotopic (exact) mass is 449 g/mol. The summed E-state index contributed by atoms with van der Waals surface area (Å²) in [5.74, 6) is -0.713. The number of carbonyl (C=O) groups excluding carboxylic acids is 1. The predicted molar refractivity (Wildman–Crippen MR) is 112 cm³/mol. The van der Waals surface area contributed by atoms with E-state index in [2.05, 4.69) is 6.07 Å². The number of ether oxygens (including phenoxy) is 1. The van der Waals surface area contributed by atoms with Crippen molar-refractivity contribution in [2.24, 2.45) is 17.3 Å². The second-order valence-electron chi connectivity index (χ2n) is 8.49. The molecule has 3 rings (SSSR count). The highest BCUT2D eigenvalue weighted by Crippen LogP contribution is 2.62. The Labute approximate surface area is 184 Å². The Kier molecular flexibility index (Phi) is 6.66. The number of rotatable bonds is 8. The summed E-state index contributed by atoms with van der Waals surface area (Å²) >= 11 is 5.50. The van der Waals surface area contributed by atoms with E-state index in [1.165, 1.54) is 0 Å². The number of hydrogen-bond donors (Lipinski definition) is 0. The van der Waals surface area contributed by atoms with Crippen LogP contribution in [0.2, 0.25) is 0 Å². The van der Waals surface area contributed by atoms with Crippen LogP contribution in [0.25, 0.3) is 0 Å². The summed E-state index contributed by atoms with van der Waals surface area (Å²) < 4.78 is 44.3. The fourth-order valence-corrected chi connectivity index (χ4v) is 4.36. The van der Waals surface area contributed by atoms with Crippen LogP contribution in [0, 0.1) is 28.6 Å². The van der Waals surface area contributed by atoms with Gasteiger partial charge >= 0.3 is 6.18 Å². The molecule has 1 aliphatic carbocycles. The maximum atomic E-state index is 12.9. The quantitative estimate of drug-likeness (QED) is 0.413. The SMILES string of the molecule is CC1(C)C(CC(Cl)C(F)(F)F)C1C(=O)CC(C#N)c1cccc(Oc2ccccc2)c1. The van der Waals surface area contributed by atoms with Crippen LogP contribution >= 0.6 is 11.6 Å². The van der Waals surface area contributed by atoms with Crippen molar-refractivity contribution in [3.05, 3.63) is 60.2 Å². The Morgan fingerprint density at radius 1 is 1.16 bits per heavy atom. The Bertz CT molecular complexity index is 969. The molecule has 2 aromatic rings. The van der Waals surface area contributed by atoms with Crippen molar-refractivity contribution in [3.8, 4) is 17.6 Å². The summed E-state index contributed by atoms with van der Waals surface area (Å²) in [4.78, 5) is 12.9. The number of halogens is 4. The fraction of sp³-hybridized carbons (Fsp3) is 0.417. The molecule has 1 fully saturated rings. The average molecular weight is 450 g/mol. The Balaban J connectivity index is 1.68. The van der Waals surface area contributed by atoms with E-state index in [0.717, 1.165) is 0 Å². The van der Waals surface area contributed by atoms with E-state index in [-0.39, 0.29) is 18.6 Å². The molecule has 31 heavy (non-hydrogen) atoms. The van der Waals surface area contributed by atoms with Gasteiger partial charge in [-0.25, -0.2) is 0 Å². The Morgan fingerprint density at radius 3 is 2.42 bits per heavy atom. The Hall–Kier alpha value is -2.52. The van der Waals surface area contributed by atoms with Crippen molar-refractivity contribution in [1.82, 2.24) is 0 Å². The molecular weight excluding hydrogens is 427 g/mol. The van der Waals surface area contributed by atoms with Crippen molar-refractivity contribution in [1.29, 1.82) is 5.26 Å². The summed E-state index contributed by atoms with van der Waals surface area (Å²) in [5, 5.41) is 7.67. The van der Waals surface area contributed by atoms with Gasteiger partial charge in [0.05, 0.1) is 12.0 Å². The fourth-order valence-electron chi connectivity index (χ4n) is 4.17.